The predicted molar refractivity (Wildman–Crippen MR) is 95.9 cm³/mol. The average molecular weight is 318 g/mol. The Balaban J connectivity index is 2.10. The van der Waals surface area contributed by atoms with Crippen LogP contribution in [-0.4, -0.2) is 56.8 Å². The van der Waals surface area contributed by atoms with Gasteiger partial charge < -0.3 is 15.4 Å². The fourth-order valence-corrected chi connectivity index (χ4v) is 2.89. The van der Waals surface area contributed by atoms with E-state index in [1.807, 2.05) is 7.05 Å². The van der Waals surface area contributed by atoms with Gasteiger partial charge >= 0.3 is 0 Å². The normalized spacial score (nSPS) is 18.0. The third kappa shape index (κ3) is 5.52. The molecule has 23 heavy (non-hydrogen) atoms. The van der Waals surface area contributed by atoms with Crippen molar-refractivity contribution in [1.82, 2.24) is 15.5 Å². The second-order valence-electron chi connectivity index (χ2n) is 6.33. The number of rotatable bonds is 5. The molecule has 0 saturated carbocycles. The van der Waals surface area contributed by atoms with Crippen LogP contribution in [0.5, 0.6) is 0 Å². The van der Waals surface area contributed by atoms with Crippen molar-refractivity contribution in [3.8, 4) is 0 Å². The minimum atomic E-state index is 0.324. The van der Waals surface area contributed by atoms with Gasteiger partial charge in [0.25, 0.3) is 0 Å². The lowest BCUT2D eigenvalue weighted by atomic mass is 10.0. The molecule has 0 radical (unpaired) electrons. The van der Waals surface area contributed by atoms with Crippen molar-refractivity contribution >= 4 is 5.96 Å². The Morgan fingerprint density at radius 3 is 2.65 bits per heavy atom. The van der Waals surface area contributed by atoms with Crippen molar-refractivity contribution in [2.45, 2.75) is 32.9 Å². The minimum absolute atomic E-state index is 0.324. The summed E-state index contributed by atoms with van der Waals surface area (Å²) in [7, 11) is 1.81. The fourth-order valence-electron chi connectivity index (χ4n) is 2.89. The molecule has 1 heterocycles. The van der Waals surface area contributed by atoms with Gasteiger partial charge in [-0.25, -0.2) is 0 Å². The molecule has 128 valence electrons. The van der Waals surface area contributed by atoms with Crippen LogP contribution in [0.4, 0.5) is 0 Å². The Morgan fingerprint density at radius 1 is 1.30 bits per heavy atom. The molecule has 5 nitrogen and oxygen atoms in total. The van der Waals surface area contributed by atoms with E-state index in [0.717, 1.165) is 38.8 Å². The molecule has 0 aromatic heterocycles. The van der Waals surface area contributed by atoms with Crippen LogP contribution >= 0.6 is 0 Å². The Bertz CT molecular complexity index is 509. The topological polar surface area (TPSA) is 48.9 Å². The van der Waals surface area contributed by atoms with Gasteiger partial charge in [0.1, 0.15) is 0 Å². The van der Waals surface area contributed by atoms with E-state index in [1.165, 1.54) is 11.1 Å². The molecular weight excluding hydrogens is 288 g/mol. The molecule has 0 aliphatic carbocycles. The number of morpholine rings is 1. The Hall–Kier alpha value is -1.59. The van der Waals surface area contributed by atoms with Crippen molar-refractivity contribution in [1.29, 1.82) is 0 Å². The van der Waals surface area contributed by atoms with Gasteiger partial charge in [-0.1, -0.05) is 29.8 Å². The van der Waals surface area contributed by atoms with Crippen molar-refractivity contribution < 1.29 is 4.74 Å². The van der Waals surface area contributed by atoms with Crippen molar-refractivity contribution in [2.75, 3.05) is 39.9 Å². The van der Waals surface area contributed by atoms with Crippen LogP contribution in [-0.2, 0) is 4.74 Å². The van der Waals surface area contributed by atoms with E-state index in [2.05, 4.69) is 65.6 Å². The quantitative estimate of drug-likeness (QED) is 0.643. The van der Waals surface area contributed by atoms with Gasteiger partial charge in [0.15, 0.2) is 5.96 Å². The number of ether oxygens (including phenoxy) is 1. The molecule has 1 aliphatic rings. The highest BCUT2D eigenvalue weighted by molar-refractivity contribution is 5.79. The molecule has 0 spiro atoms. The molecule has 2 N–H and O–H groups in total. The van der Waals surface area contributed by atoms with Gasteiger partial charge in [0.2, 0.25) is 0 Å². The van der Waals surface area contributed by atoms with Crippen LogP contribution in [0, 0.1) is 6.92 Å². The van der Waals surface area contributed by atoms with Crippen molar-refractivity contribution in [3.63, 3.8) is 0 Å². The maximum Gasteiger partial charge on any atom is 0.191 e. The highest BCUT2D eigenvalue weighted by Crippen LogP contribution is 2.22. The molecule has 1 aliphatic heterocycles. The summed E-state index contributed by atoms with van der Waals surface area (Å²) in [6.07, 6.45) is 0. The molecule has 1 unspecified atom stereocenters. The monoisotopic (exact) mass is 318 g/mol. The van der Waals surface area contributed by atoms with Gasteiger partial charge in [0.05, 0.1) is 19.3 Å². The van der Waals surface area contributed by atoms with E-state index in [0.29, 0.717) is 12.1 Å². The van der Waals surface area contributed by atoms with E-state index in [1.54, 1.807) is 0 Å². The summed E-state index contributed by atoms with van der Waals surface area (Å²) in [6.45, 7) is 10.8. The zero-order chi connectivity index (χ0) is 16.7. The average Bonchev–Trinajstić information content (AvgIpc) is 2.54. The summed E-state index contributed by atoms with van der Waals surface area (Å²) in [5.74, 6) is 0.853. The van der Waals surface area contributed by atoms with Crippen LogP contribution in [0.2, 0.25) is 0 Å². The van der Waals surface area contributed by atoms with Gasteiger partial charge in [-0.3, -0.25) is 9.89 Å². The van der Waals surface area contributed by atoms with Crippen LogP contribution < -0.4 is 10.6 Å². The standard InChI is InChI=1S/C18H30N4O/c1-14(2)21-18(19-4)20-13-17(22-8-10-23-11-9-22)16-7-5-6-15(3)12-16/h5-7,12,14,17H,8-11,13H2,1-4H3,(H2,19,20,21). The van der Waals surface area contributed by atoms with E-state index < -0.39 is 0 Å². The molecule has 1 aromatic carbocycles. The Labute approximate surface area is 140 Å². The molecule has 2 rings (SSSR count). The molecule has 0 bridgehead atoms. The van der Waals surface area contributed by atoms with E-state index in [4.69, 9.17) is 4.74 Å². The maximum atomic E-state index is 5.51. The second kappa shape index (κ2) is 8.89. The smallest absolute Gasteiger partial charge is 0.191 e. The molecule has 5 heteroatoms. The SMILES string of the molecule is CN=C(NCC(c1cccc(C)c1)N1CCOCC1)NC(C)C. The second-order valence-corrected chi connectivity index (χ2v) is 6.33. The van der Waals surface area contributed by atoms with E-state index in [-0.39, 0.29) is 0 Å². The molecule has 0 amide bonds. The maximum absolute atomic E-state index is 5.51. The van der Waals surface area contributed by atoms with Gasteiger partial charge in [-0.05, 0) is 26.3 Å². The van der Waals surface area contributed by atoms with Crippen LogP contribution in [0.15, 0.2) is 29.3 Å². The van der Waals surface area contributed by atoms with Crippen LogP contribution in [0.25, 0.3) is 0 Å². The van der Waals surface area contributed by atoms with E-state index in [9.17, 15) is 0 Å². The number of hydrogen-bond donors (Lipinski definition) is 2. The summed E-state index contributed by atoms with van der Waals surface area (Å²) in [5, 5.41) is 6.82. The lowest BCUT2D eigenvalue weighted by Crippen LogP contribution is -2.47. The summed E-state index contributed by atoms with van der Waals surface area (Å²) in [6, 6.07) is 9.46. The predicted octanol–water partition coefficient (Wildman–Crippen LogP) is 1.94. The number of hydrogen-bond acceptors (Lipinski definition) is 3. The fraction of sp³-hybridized carbons (Fsp3) is 0.611. The molecule has 1 atom stereocenters. The summed E-state index contributed by atoms with van der Waals surface area (Å²) in [5.41, 5.74) is 2.64. The van der Waals surface area contributed by atoms with Gasteiger partial charge in [0, 0.05) is 32.7 Å². The zero-order valence-electron chi connectivity index (χ0n) is 14.8. The number of nitrogens with one attached hydrogen (secondary N) is 2. The molecule has 1 fully saturated rings. The van der Waals surface area contributed by atoms with Crippen molar-refractivity contribution in [3.05, 3.63) is 35.4 Å². The van der Waals surface area contributed by atoms with Crippen LogP contribution in [0.3, 0.4) is 0 Å². The summed E-state index contributed by atoms with van der Waals surface area (Å²) >= 11 is 0. The Morgan fingerprint density at radius 2 is 2.04 bits per heavy atom. The number of guanidine groups is 1. The first kappa shape index (κ1) is 17.8. The molecule has 1 saturated heterocycles. The van der Waals surface area contributed by atoms with Gasteiger partial charge in [-0.15, -0.1) is 0 Å². The first-order valence-electron chi connectivity index (χ1n) is 8.45. The Kier molecular flexibility index (Phi) is 6.86. The first-order chi connectivity index (χ1) is 11.1. The highest BCUT2D eigenvalue weighted by Gasteiger charge is 2.23. The minimum Gasteiger partial charge on any atom is -0.379 e. The summed E-state index contributed by atoms with van der Waals surface area (Å²) in [4.78, 5) is 6.80. The molecule has 1 aromatic rings. The third-order valence-corrected chi connectivity index (χ3v) is 4.03. The van der Waals surface area contributed by atoms with E-state index >= 15 is 0 Å². The highest BCUT2D eigenvalue weighted by atomic mass is 16.5. The third-order valence-electron chi connectivity index (χ3n) is 4.03. The number of nitrogens with zero attached hydrogens (tertiary/aromatic N) is 2. The molecular formula is C18H30N4O. The van der Waals surface area contributed by atoms with Crippen molar-refractivity contribution in [2.24, 2.45) is 4.99 Å². The largest absolute Gasteiger partial charge is 0.379 e. The van der Waals surface area contributed by atoms with Gasteiger partial charge in [-0.2, -0.15) is 0 Å². The lowest BCUT2D eigenvalue weighted by Gasteiger charge is -2.35. The number of aryl methyl sites for hydroxylation is 1. The summed E-state index contributed by atoms with van der Waals surface area (Å²) < 4.78 is 5.51. The number of benzene rings is 1. The first-order valence-corrected chi connectivity index (χ1v) is 8.45. The zero-order valence-corrected chi connectivity index (χ0v) is 14.8. The lowest BCUT2D eigenvalue weighted by molar-refractivity contribution is 0.0170. The number of aliphatic imine (C=N–C) groups is 1. The van der Waals surface area contributed by atoms with Crippen LogP contribution in [0.1, 0.15) is 31.0 Å².